The molecule has 3 N–H and O–H groups in total. The van der Waals surface area contributed by atoms with Crippen molar-refractivity contribution in [2.24, 2.45) is 15.9 Å². The van der Waals surface area contributed by atoms with Crippen LogP contribution in [0.3, 0.4) is 0 Å². The molecule has 8 nitrogen and oxygen atoms in total. The number of carbonyl (C=O) groups is 1. The third kappa shape index (κ3) is 6.97. The van der Waals surface area contributed by atoms with E-state index in [9.17, 15) is 9.90 Å². The Labute approximate surface area is 175 Å². The van der Waals surface area contributed by atoms with Crippen molar-refractivity contribution in [1.82, 2.24) is 0 Å². The molecule has 30 heavy (non-hydrogen) atoms. The fourth-order valence-electron chi connectivity index (χ4n) is 2.31. The van der Waals surface area contributed by atoms with Gasteiger partial charge in [0.05, 0.1) is 19.4 Å². The number of hydrogen-bond acceptors (Lipinski definition) is 7. The van der Waals surface area contributed by atoms with Crippen molar-refractivity contribution in [2.45, 2.75) is 20.5 Å². The van der Waals surface area contributed by atoms with Crippen molar-refractivity contribution in [1.29, 1.82) is 0 Å². The van der Waals surface area contributed by atoms with Crippen LogP contribution in [0.15, 0.2) is 76.3 Å². The molecule has 0 amide bonds. The summed E-state index contributed by atoms with van der Waals surface area (Å²) in [7, 11) is 0. The van der Waals surface area contributed by atoms with E-state index >= 15 is 0 Å². The minimum Gasteiger partial charge on any atom is -0.489 e. The third-order valence-electron chi connectivity index (χ3n) is 3.73. The van der Waals surface area contributed by atoms with Crippen LogP contribution < -0.4 is 10.5 Å². The van der Waals surface area contributed by atoms with Gasteiger partial charge in [0.25, 0.3) is 5.95 Å². The van der Waals surface area contributed by atoms with E-state index in [-0.39, 0.29) is 24.6 Å². The monoisotopic (exact) mass is 411 g/mol. The van der Waals surface area contributed by atoms with Crippen LogP contribution in [0.2, 0.25) is 0 Å². The molecule has 0 radical (unpaired) electrons. The average molecular weight is 411 g/mol. The molecule has 2 rings (SSSR count). The molecular formula is C22H25N3O5. The molecule has 0 spiro atoms. The van der Waals surface area contributed by atoms with Gasteiger partial charge in [-0.3, -0.25) is 0 Å². The summed E-state index contributed by atoms with van der Waals surface area (Å²) in [6, 6.07) is 17.1. The Hall–Kier alpha value is -3.81. The standard InChI is InChI=1S/C22H25N3O5/c1-3-28-21(26)19(22(27)29-4-2)20(23)25-24-14-16-10-12-18(13-11-16)30-15-17-8-6-5-7-9-17/h5-14,26H,3-4,15H2,1-2H3,(H2,23,25)/b21-19-,24-14?. The fourth-order valence-corrected chi connectivity index (χ4v) is 2.31. The lowest BCUT2D eigenvalue weighted by atomic mass is 10.2. The third-order valence-corrected chi connectivity index (χ3v) is 3.73. The van der Waals surface area contributed by atoms with Crippen molar-refractivity contribution in [3.8, 4) is 5.75 Å². The maximum Gasteiger partial charge on any atom is 0.349 e. The van der Waals surface area contributed by atoms with Gasteiger partial charge in [-0.05, 0) is 49.2 Å². The second kappa shape index (κ2) is 11.9. The number of hydrogen-bond donors (Lipinski definition) is 2. The molecule has 0 saturated heterocycles. The molecule has 8 heteroatoms. The molecule has 0 atom stereocenters. The van der Waals surface area contributed by atoms with Crippen LogP contribution in [0.1, 0.15) is 25.0 Å². The number of aliphatic hydroxyl groups is 1. The molecule has 0 heterocycles. The zero-order chi connectivity index (χ0) is 21.8. The highest BCUT2D eigenvalue weighted by molar-refractivity contribution is 6.18. The predicted molar refractivity (Wildman–Crippen MR) is 114 cm³/mol. The quantitative estimate of drug-likeness (QED) is 0.155. The van der Waals surface area contributed by atoms with Crippen molar-refractivity contribution in [3.05, 3.63) is 77.2 Å². The Morgan fingerprint density at radius 2 is 1.70 bits per heavy atom. The van der Waals surface area contributed by atoms with Crippen molar-refractivity contribution in [2.75, 3.05) is 13.2 Å². The minimum atomic E-state index is -0.847. The summed E-state index contributed by atoms with van der Waals surface area (Å²) < 4.78 is 15.5. The van der Waals surface area contributed by atoms with Crippen LogP contribution in [0.4, 0.5) is 0 Å². The number of amidine groups is 1. The molecule has 0 bridgehead atoms. The Balaban J connectivity index is 2.03. The van der Waals surface area contributed by atoms with E-state index in [1.165, 1.54) is 6.21 Å². The zero-order valence-electron chi connectivity index (χ0n) is 16.9. The molecule has 0 aromatic heterocycles. The first-order chi connectivity index (χ1) is 14.5. The minimum absolute atomic E-state index is 0.108. The van der Waals surface area contributed by atoms with Crippen LogP contribution in [-0.4, -0.2) is 36.3 Å². The highest BCUT2D eigenvalue weighted by Crippen LogP contribution is 2.13. The van der Waals surface area contributed by atoms with E-state index in [4.69, 9.17) is 19.9 Å². The zero-order valence-corrected chi connectivity index (χ0v) is 16.9. The molecule has 0 fully saturated rings. The number of esters is 1. The van der Waals surface area contributed by atoms with Gasteiger partial charge in [0, 0.05) is 0 Å². The lowest BCUT2D eigenvalue weighted by Gasteiger charge is -2.08. The van der Waals surface area contributed by atoms with Gasteiger partial charge in [-0.25, -0.2) is 4.79 Å². The molecule has 0 aliphatic rings. The molecule has 2 aromatic carbocycles. The van der Waals surface area contributed by atoms with Crippen LogP contribution in [0, 0.1) is 0 Å². The molecule has 0 aliphatic carbocycles. The van der Waals surface area contributed by atoms with E-state index in [2.05, 4.69) is 10.2 Å². The Bertz CT molecular complexity index is 906. The van der Waals surface area contributed by atoms with Gasteiger partial charge in [-0.2, -0.15) is 5.10 Å². The van der Waals surface area contributed by atoms with E-state index < -0.39 is 11.9 Å². The Morgan fingerprint density at radius 3 is 2.33 bits per heavy atom. The predicted octanol–water partition coefficient (Wildman–Crippen LogP) is 3.33. The molecule has 0 aliphatic heterocycles. The number of benzene rings is 2. The molecular weight excluding hydrogens is 386 g/mol. The molecule has 0 unspecified atom stereocenters. The highest BCUT2D eigenvalue weighted by Gasteiger charge is 2.22. The van der Waals surface area contributed by atoms with E-state index in [1.54, 1.807) is 26.0 Å². The summed E-state index contributed by atoms with van der Waals surface area (Å²) in [6.45, 7) is 4.01. The van der Waals surface area contributed by atoms with Gasteiger partial charge >= 0.3 is 5.97 Å². The largest absolute Gasteiger partial charge is 0.489 e. The van der Waals surface area contributed by atoms with E-state index in [1.807, 2.05) is 42.5 Å². The summed E-state index contributed by atoms with van der Waals surface area (Å²) in [4.78, 5) is 12.0. The van der Waals surface area contributed by atoms with Crippen molar-refractivity contribution < 1.29 is 24.1 Å². The SMILES string of the molecule is CCOC(=O)C(/C(N)=N/N=Cc1ccc(OCc2ccccc2)cc1)=C(/O)OCC. The van der Waals surface area contributed by atoms with Gasteiger partial charge in [0.1, 0.15) is 12.4 Å². The molecule has 158 valence electrons. The first-order valence-electron chi connectivity index (χ1n) is 9.42. The summed E-state index contributed by atoms with van der Waals surface area (Å²) in [5.74, 6) is -1.11. The highest BCUT2D eigenvalue weighted by atomic mass is 16.6. The second-order valence-corrected chi connectivity index (χ2v) is 5.91. The maximum atomic E-state index is 12.0. The maximum absolute atomic E-state index is 12.0. The van der Waals surface area contributed by atoms with Gasteiger partial charge in [0.15, 0.2) is 11.4 Å². The number of rotatable bonds is 10. The summed E-state index contributed by atoms with van der Waals surface area (Å²) in [6.07, 6.45) is 1.45. The lowest BCUT2D eigenvalue weighted by molar-refractivity contribution is -0.138. The number of aliphatic hydroxyl groups excluding tert-OH is 1. The Morgan fingerprint density at radius 1 is 1.03 bits per heavy atom. The topological polar surface area (TPSA) is 116 Å². The number of carbonyl (C=O) groups excluding carboxylic acids is 1. The van der Waals surface area contributed by atoms with Gasteiger partial charge < -0.3 is 25.1 Å². The summed E-state index contributed by atoms with van der Waals surface area (Å²) in [5, 5.41) is 17.5. The number of ether oxygens (including phenoxy) is 3. The number of nitrogens with two attached hydrogens (primary N) is 1. The van der Waals surface area contributed by atoms with Crippen molar-refractivity contribution >= 4 is 18.0 Å². The molecule has 0 saturated carbocycles. The summed E-state index contributed by atoms with van der Waals surface area (Å²) in [5.41, 5.74) is 7.23. The lowest BCUT2D eigenvalue weighted by Crippen LogP contribution is -2.25. The summed E-state index contributed by atoms with van der Waals surface area (Å²) >= 11 is 0. The normalized spacial score (nSPS) is 12.4. The van der Waals surface area contributed by atoms with Crippen LogP contribution >= 0.6 is 0 Å². The van der Waals surface area contributed by atoms with Gasteiger partial charge in [0.2, 0.25) is 0 Å². The van der Waals surface area contributed by atoms with E-state index in [0.717, 1.165) is 11.1 Å². The second-order valence-electron chi connectivity index (χ2n) is 5.91. The van der Waals surface area contributed by atoms with Gasteiger partial charge in [-0.1, -0.05) is 30.3 Å². The van der Waals surface area contributed by atoms with Crippen LogP contribution in [0.5, 0.6) is 5.75 Å². The first kappa shape index (κ1) is 22.5. The number of nitrogens with zero attached hydrogens (tertiary/aromatic N) is 2. The smallest absolute Gasteiger partial charge is 0.349 e. The fraction of sp³-hybridized carbons (Fsp3) is 0.227. The average Bonchev–Trinajstić information content (AvgIpc) is 2.74. The first-order valence-corrected chi connectivity index (χ1v) is 9.42. The Kier molecular flexibility index (Phi) is 8.92. The molecule has 2 aromatic rings. The van der Waals surface area contributed by atoms with E-state index in [0.29, 0.717) is 12.4 Å². The van der Waals surface area contributed by atoms with Crippen molar-refractivity contribution in [3.63, 3.8) is 0 Å². The van der Waals surface area contributed by atoms with Crippen LogP contribution in [-0.2, 0) is 20.9 Å². The van der Waals surface area contributed by atoms with Gasteiger partial charge in [-0.15, -0.1) is 5.10 Å². The van der Waals surface area contributed by atoms with Crippen LogP contribution in [0.25, 0.3) is 0 Å².